The maximum atomic E-state index is 9.58. The maximum Gasteiger partial charge on any atom is 0.148 e. The van der Waals surface area contributed by atoms with Crippen molar-refractivity contribution in [1.82, 2.24) is 38.2 Å². The molecule has 0 aliphatic carbocycles. The highest BCUT2D eigenvalue weighted by Gasteiger charge is 2.26. The van der Waals surface area contributed by atoms with Crippen molar-refractivity contribution in [1.29, 1.82) is 21.0 Å². The number of benzene rings is 16. The fourth-order valence-corrected chi connectivity index (χ4v) is 20.1. The van der Waals surface area contributed by atoms with Crippen molar-refractivity contribution in [2.45, 2.75) is 0 Å². The zero-order chi connectivity index (χ0) is 90.6. The van der Waals surface area contributed by atoms with E-state index in [1.165, 1.54) is 0 Å². The van der Waals surface area contributed by atoms with E-state index in [1.807, 2.05) is 133 Å². The standard InChI is InChI=1S/4C30H17N3O/c31-18-25-21(11-6-16-32-25)19-7-5-8-20(17-19)33-26-12-3-1-10-24(26)29-27(33)15-14-23-22-9-2-4-13-28(22)34-30(23)29;31-16-19-14-21(18-32-17-19)20-6-5-7-22(15-20)33-26-10-3-1-9-25(26)29-27(33)13-12-24-23-8-2-4-11-28(23)34-30(24)29;31-17-20-14-15-32-18-25(20)19-6-5-7-21(16-19)33-26-10-3-1-9-24(26)29-27(33)13-12-23-22-8-2-4-11-28(22)34-30(23)29;31-17-21-13-12-20(18-32-21)19-6-5-7-22(16-19)33-26-10-3-1-9-25(26)29-27(33)15-14-24-23-8-2-4-11-28(23)34-30(24)29/h1-17H;1-15,17-18H;2*1-16,18H. The van der Waals surface area contributed by atoms with Crippen molar-refractivity contribution < 1.29 is 17.7 Å². The summed E-state index contributed by atoms with van der Waals surface area (Å²) in [6, 6.07) is 137. The number of nitrogens with zero attached hydrogens (tertiary/aromatic N) is 12. The minimum Gasteiger partial charge on any atom is -0.455 e. The Morgan fingerprint density at radius 3 is 0.978 bits per heavy atom. The van der Waals surface area contributed by atoms with E-state index in [0.29, 0.717) is 22.5 Å². The highest BCUT2D eigenvalue weighted by atomic mass is 16.3. The number of furan rings is 4. The molecule has 16 heteroatoms. The summed E-state index contributed by atoms with van der Waals surface area (Å²) in [5.74, 6) is 0. The molecule has 0 atom stereocenters. The van der Waals surface area contributed by atoms with Crippen LogP contribution in [-0.2, 0) is 0 Å². The molecule has 0 fully saturated rings. The SMILES string of the molecule is N#Cc1ccc(-c2cccc(-n3c4ccccc4c4c5oc6ccccc6c5ccc43)c2)cn1.N#Cc1ccncc1-c1cccc(-n2c3ccccc3c3c4oc5ccccc5c4ccc32)c1.N#Cc1cncc(-c2cccc(-n3c4ccccc4c4c5oc6ccccc6c5ccc43)c2)c1.N#Cc1ncccc1-c1cccc(-n2c3ccccc3c3c4oc5ccccc5c4ccc32)c1. The van der Waals surface area contributed by atoms with Crippen molar-refractivity contribution in [2.75, 3.05) is 0 Å². The number of para-hydroxylation sites is 8. The fraction of sp³-hybridized carbons (Fsp3) is 0. The summed E-state index contributed by atoms with van der Waals surface area (Å²) < 4.78 is 34.7. The molecule has 0 unspecified atom stereocenters. The Bertz CT molecular complexity index is 9720. The summed E-state index contributed by atoms with van der Waals surface area (Å²) >= 11 is 0. The lowest BCUT2D eigenvalue weighted by atomic mass is 10.0. The van der Waals surface area contributed by atoms with Gasteiger partial charge < -0.3 is 35.9 Å². The van der Waals surface area contributed by atoms with Crippen LogP contribution < -0.4 is 0 Å². The molecule has 16 nitrogen and oxygen atoms in total. The number of hydrogen-bond acceptors (Lipinski definition) is 12. The minimum atomic E-state index is 0.414. The predicted molar refractivity (Wildman–Crippen MR) is 544 cm³/mol. The molecular formula is C120H68N12O4. The third-order valence-corrected chi connectivity index (χ3v) is 26.0. The van der Waals surface area contributed by atoms with Gasteiger partial charge in [-0.25, -0.2) is 9.97 Å². The molecule has 12 heterocycles. The number of aromatic nitrogens is 8. The summed E-state index contributed by atoms with van der Waals surface area (Å²) in [5.41, 5.74) is 29.7. The molecule has 0 saturated heterocycles. The van der Waals surface area contributed by atoms with Gasteiger partial charge >= 0.3 is 0 Å². The van der Waals surface area contributed by atoms with Gasteiger partial charge in [-0.1, -0.05) is 194 Å². The normalized spacial score (nSPS) is 11.5. The molecular weight excluding hydrogens is 1670 g/mol. The highest BCUT2D eigenvalue weighted by molar-refractivity contribution is 6.28. The lowest BCUT2D eigenvalue weighted by molar-refractivity contribution is 0.672. The van der Waals surface area contributed by atoms with Crippen LogP contribution in [0.15, 0.2) is 431 Å². The lowest BCUT2D eigenvalue weighted by Gasteiger charge is -2.11. The Balaban J connectivity index is 0.0000000965. The summed E-state index contributed by atoms with van der Waals surface area (Å²) in [7, 11) is 0. The third kappa shape index (κ3) is 12.9. The molecule has 0 spiro atoms. The molecule has 0 bridgehead atoms. The van der Waals surface area contributed by atoms with E-state index in [2.05, 4.69) is 293 Å². The van der Waals surface area contributed by atoms with Crippen molar-refractivity contribution in [3.63, 3.8) is 0 Å². The summed E-state index contributed by atoms with van der Waals surface area (Å²) in [6.07, 6.45) is 10.2. The second kappa shape index (κ2) is 32.3. The Kier molecular flexibility index (Phi) is 18.7. The quantitative estimate of drug-likeness (QED) is 0.139. The Morgan fingerprint density at radius 2 is 0.596 bits per heavy atom. The van der Waals surface area contributed by atoms with Gasteiger partial charge in [-0.05, 0) is 204 Å². The zero-order valence-corrected chi connectivity index (χ0v) is 72.3. The van der Waals surface area contributed by atoms with Crippen LogP contribution in [0, 0.1) is 45.3 Å². The summed E-state index contributed by atoms with van der Waals surface area (Å²) in [5, 5.41) is 55.5. The van der Waals surface area contributed by atoms with E-state index in [0.717, 1.165) is 242 Å². The van der Waals surface area contributed by atoms with Crippen LogP contribution in [0.2, 0.25) is 0 Å². The Morgan fingerprint density at radius 1 is 0.221 bits per heavy atom. The molecule has 0 N–H and O–H groups in total. The zero-order valence-electron chi connectivity index (χ0n) is 72.3. The van der Waals surface area contributed by atoms with Gasteiger partial charge in [-0.3, -0.25) is 9.97 Å². The van der Waals surface area contributed by atoms with Crippen molar-refractivity contribution in [3.05, 3.63) is 436 Å². The molecule has 12 aromatic heterocycles. The monoisotopic (exact) mass is 1740 g/mol. The first kappa shape index (κ1) is 78.7. The van der Waals surface area contributed by atoms with Crippen LogP contribution in [0.3, 0.4) is 0 Å². The van der Waals surface area contributed by atoms with Gasteiger partial charge in [-0.2, -0.15) is 21.0 Å². The van der Waals surface area contributed by atoms with Gasteiger partial charge in [0.25, 0.3) is 0 Å². The Hall–Kier alpha value is -19.5. The first-order valence-corrected chi connectivity index (χ1v) is 44.5. The van der Waals surface area contributed by atoms with Crippen LogP contribution in [0.5, 0.6) is 0 Å². The average Bonchev–Trinajstić information content (AvgIpc) is 1.58. The number of nitriles is 4. The third-order valence-electron chi connectivity index (χ3n) is 26.0. The first-order valence-electron chi connectivity index (χ1n) is 44.5. The van der Waals surface area contributed by atoms with E-state index >= 15 is 0 Å². The summed E-state index contributed by atoms with van der Waals surface area (Å²) in [4.78, 5) is 17.0. The van der Waals surface area contributed by atoms with Crippen LogP contribution in [0.1, 0.15) is 22.5 Å². The van der Waals surface area contributed by atoms with Crippen LogP contribution in [0.25, 0.3) is 242 Å². The average molecular weight is 1740 g/mol. The van der Waals surface area contributed by atoms with Crippen molar-refractivity contribution >= 4 is 175 Å². The van der Waals surface area contributed by atoms with E-state index in [1.54, 1.807) is 49.3 Å². The van der Waals surface area contributed by atoms with Crippen LogP contribution in [-0.4, -0.2) is 38.2 Å². The van der Waals surface area contributed by atoms with E-state index in [4.69, 9.17) is 22.9 Å². The van der Waals surface area contributed by atoms with Gasteiger partial charge in [0, 0.05) is 147 Å². The lowest BCUT2D eigenvalue weighted by Crippen LogP contribution is -1.95. The fourth-order valence-electron chi connectivity index (χ4n) is 20.1. The summed E-state index contributed by atoms with van der Waals surface area (Å²) in [6.45, 7) is 0. The molecule has 0 aliphatic heterocycles. The van der Waals surface area contributed by atoms with Gasteiger partial charge in [0.2, 0.25) is 0 Å². The minimum absolute atomic E-state index is 0.414. The molecule has 16 aromatic carbocycles. The number of hydrogen-bond donors (Lipinski definition) is 0. The molecule has 0 saturated carbocycles. The molecule has 0 aliphatic rings. The largest absolute Gasteiger partial charge is 0.455 e. The van der Waals surface area contributed by atoms with Crippen molar-refractivity contribution in [2.24, 2.45) is 0 Å². The predicted octanol–water partition coefficient (Wildman–Crippen LogP) is 30.5. The molecule has 136 heavy (non-hydrogen) atoms. The van der Waals surface area contributed by atoms with Gasteiger partial charge in [0.05, 0.1) is 82.9 Å². The molecule has 0 amide bonds. The second-order valence-corrected chi connectivity index (χ2v) is 33.5. The first-order chi connectivity index (χ1) is 67.3. The highest BCUT2D eigenvalue weighted by Crippen LogP contribution is 2.48. The molecule has 28 aromatic rings. The van der Waals surface area contributed by atoms with Crippen LogP contribution in [0.4, 0.5) is 0 Å². The number of fused-ring (bicyclic) bond motifs is 28. The Labute approximate surface area is 774 Å². The smallest absolute Gasteiger partial charge is 0.148 e. The molecule has 0 radical (unpaired) electrons. The van der Waals surface area contributed by atoms with E-state index in [9.17, 15) is 15.8 Å². The number of rotatable bonds is 8. The maximum absolute atomic E-state index is 9.58. The van der Waals surface area contributed by atoms with Crippen LogP contribution >= 0.6 is 0 Å². The van der Waals surface area contributed by atoms with E-state index in [-0.39, 0.29) is 0 Å². The van der Waals surface area contributed by atoms with Crippen molar-refractivity contribution in [3.8, 4) is 91.5 Å². The van der Waals surface area contributed by atoms with E-state index < -0.39 is 0 Å². The van der Waals surface area contributed by atoms with Gasteiger partial charge in [0.15, 0.2) is 0 Å². The topological polar surface area (TPSA) is 219 Å². The number of pyridine rings is 4. The van der Waals surface area contributed by atoms with Gasteiger partial charge in [-0.15, -0.1) is 0 Å². The molecule has 28 rings (SSSR count). The molecule has 632 valence electrons. The van der Waals surface area contributed by atoms with Gasteiger partial charge in [0.1, 0.15) is 74.3 Å². The second-order valence-electron chi connectivity index (χ2n) is 33.5.